The minimum Gasteiger partial charge on any atom is -0.504 e. The minimum absolute atomic E-state index is 0.138. The fourth-order valence-electron chi connectivity index (χ4n) is 1.61. The summed E-state index contributed by atoms with van der Waals surface area (Å²) in [7, 11) is 0. The molecule has 0 saturated heterocycles. The molecule has 0 aromatic heterocycles. The average molecular weight is 267 g/mol. The van der Waals surface area contributed by atoms with Crippen molar-refractivity contribution in [1.82, 2.24) is 5.32 Å². The van der Waals surface area contributed by atoms with Crippen LogP contribution in [0.3, 0.4) is 0 Å². The highest BCUT2D eigenvalue weighted by Crippen LogP contribution is 2.27. The van der Waals surface area contributed by atoms with Crippen molar-refractivity contribution in [3.63, 3.8) is 0 Å². The van der Waals surface area contributed by atoms with E-state index in [1.807, 2.05) is 6.92 Å². The molecule has 0 spiro atoms. The Morgan fingerprint density at radius 1 is 1.26 bits per heavy atom. The maximum Gasteiger partial charge on any atom is 0.407 e. The smallest absolute Gasteiger partial charge is 0.407 e. The Bertz CT molecular complexity index is 463. The van der Waals surface area contributed by atoms with Gasteiger partial charge in [-0.3, -0.25) is 0 Å². The Morgan fingerprint density at radius 3 is 2.42 bits per heavy atom. The van der Waals surface area contributed by atoms with Gasteiger partial charge in [0.2, 0.25) is 0 Å². The van der Waals surface area contributed by atoms with Crippen molar-refractivity contribution in [2.75, 3.05) is 6.54 Å². The van der Waals surface area contributed by atoms with Crippen molar-refractivity contribution in [2.45, 2.75) is 39.7 Å². The van der Waals surface area contributed by atoms with Gasteiger partial charge in [-0.1, -0.05) is 0 Å². The molecule has 106 valence electrons. The van der Waals surface area contributed by atoms with E-state index in [4.69, 9.17) is 4.74 Å². The van der Waals surface area contributed by atoms with Crippen LogP contribution in [0.25, 0.3) is 0 Å². The van der Waals surface area contributed by atoms with Gasteiger partial charge in [0.15, 0.2) is 11.5 Å². The Labute approximate surface area is 113 Å². The second-order valence-electron chi connectivity index (χ2n) is 5.45. The van der Waals surface area contributed by atoms with Crippen molar-refractivity contribution < 1.29 is 19.7 Å². The van der Waals surface area contributed by atoms with Gasteiger partial charge < -0.3 is 20.3 Å². The van der Waals surface area contributed by atoms with Crippen LogP contribution in [0.2, 0.25) is 0 Å². The Balaban J connectivity index is 2.50. The maximum atomic E-state index is 11.4. The second-order valence-corrected chi connectivity index (χ2v) is 5.45. The zero-order valence-electron chi connectivity index (χ0n) is 11.8. The molecule has 0 aliphatic carbocycles. The molecule has 19 heavy (non-hydrogen) atoms. The molecule has 5 nitrogen and oxygen atoms in total. The molecule has 0 atom stereocenters. The van der Waals surface area contributed by atoms with Crippen molar-refractivity contribution in [3.8, 4) is 11.5 Å². The number of ether oxygens (including phenoxy) is 1. The normalized spacial score (nSPS) is 11.2. The molecule has 0 aliphatic rings. The minimum atomic E-state index is -0.517. The van der Waals surface area contributed by atoms with E-state index in [-0.39, 0.29) is 11.5 Å². The topological polar surface area (TPSA) is 78.8 Å². The SMILES string of the molecule is Cc1cc(O)c(O)cc1CCNC(=O)OC(C)(C)C. The van der Waals surface area contributed by atoms with Gasteiger partial charge in [-0.25, -0.2) is 4.79 Å². The lowest BCUT2D eigenvalue weighted by molar-refractivity contribution is 0.0528. The number of hydrogen-bond acceptors (Lipinski definition) is 4. The van der Waals surface area contributed by atoms with E-state index in [2.05, 4.69) is 5.32 Å². The number of benzene rings is 1. The van der Waals surface area contributed by atoms with E-state index in [0.717, 1.165) is 11.1 Å². The second kappa shape index (κ2) is 5.82. The van der Waals surface area contributed by atoms with Crippen molar-refractivity contribution in [3.05, 3.63) is 23.3 Å². The Kier molecular flexibility index (Phi) is 4.64. The number of nitrogens with one attached hydrogen (secondary N) is 1. The number of phenolic OH excluding ortho intramolecular Hbond substituents is 2. The summed E-state index contributed by atoms with van der Waals surface area (Å²) in [5.41, 5.74) is 1.21. The van der Waals surface area contributed by atoms with Crippen LogP contribution >= 0.6 is 0 Å². The third-order valence-corrected chi connectivity index (χ3v) is 2.50. The highest BCUT2D eigenvalue weighted by Gasteiger charge is 2.15. The number of aryl methyl sites for hydroxylation is 1. The molecule has 0 heterocycles. The van der Waals surface area contributed by atoms with Crippen molar-refractivity contribution in [1.29, 1.82) is 0 Å². The standard InChI is InChI=1S/C14H21NO4/c1-9-7-11(16)12(17)8-10(9)5-6-15-13(18)19-14(2,3)4/h7-8,16-17H,5-6H2,1-4H3,(H,15,18). The number of phenols is 2. The number of carbonyl (C=O) groups is 1. The van der Waals surface area contributed by atoms with Crippen LogP contribution in [-0.2, 0) is 11.2 Å². The first-order valence-electron chi connectivity index (χ1n) is 6.17. The van der Waals surface area contributed by atoms with E-state index in [1.54, 1.807) is 20.8 Å². The van der Waals surface area contributed by atoms with Crippen molar-refractivity contribution >= 4 is 6.09 Å². The number of carbonyl (C=O) groups excluding carboxylic acids is 1. The molecule has 1 aromatic rings. The zero-order chi connectivity index (χ0) is 14.6. The summed E-state index contributed by atoms with van der Waals surface area (Å²) in [6.45, 7) is 7.64. The number of alkyl carbamates (subject to hydrolysis) is 1. The summed E-state index contributed by atoms with van der Waals surface area (Å²) in [4.78, 5) is 11.4. The average Bonchev–Trinajstić information content (AvgIpc) is 2.22. The third-order valence-electron chi connectivity index (χ3n) is 2.50. The van der Waals surface area contributed by atoms with Gasteiger partial charge in [0, 0.05) is 6.54 Å². The van der Waals surface area contributed by atoms with E-state index >= 15 is 0 Å². The summed E-state index contributed by atoms with van der Waals surface area (Å²) in [6.07, 6.45) is 0.0898. The van der Waals surface area contributed by atoms with Gasteiger partial charge in [-0.05, 0) is 57.4 Å². The van der Waals surface area contributed by atoms with Crippen LogP contribution in [-0.4, -0.2) is 28.5 Å². The van der Waals surface area contributed by atoms with Crippen LogP contribution < -0.4 is 5.32 Å². The lowest BCUT2D eigenvalue weighted by Gasteiger charge is -2.19. The maximum absolute atomic E-state index is 11.4. The molecule has 0 bridgehead atoms. The monoisotopic (exact) mass is 267 g/mol. The van der Waals surface area contributed by atoms with E-state index in [1.165, 1.54) is 12.1 Å². The fraction of sp³-hybridized carbons (Fsp3) is 0.500. The first-order valence-corrected chi connectivity index (χ1v) is 6.17. The molecule has 0 aliphatic heterocycles. The summed E-state index contributed by atoms with van der Waals surface area (Å²) in [6, 6.07) is 3.00. The molecule has 0 unspecified atom stereocenters. The van der Waals surface area contributed by atoms with Crippen LogP contribution in [0.4, 0.5) is 4.79 Å². The molecule has 1 amide bonds. The van der Waals surface area contributed by atoms with Gasteiger partial charge in [0.05, 0.1) is 0 Å². The number of amides is 1. The summed E-state index contributed by atoms with van der Waals surface area (Å²) < 4.78 is 5.11. The van der Waals surface area contributed by atoms with Crippen molar-refractivity contribution in [2.24, 2.45) is 0 Å². The molecular formula is C14H21NO4. The predicted molar refractivity (Wildman–Crippen MR) is 72.4 cm³/mol. The molecule has 3 N–H and O–H groups in total. The predicted octanol–water partition coefficient (Wildman–Crippen LogP) is 2.47. The highest BCUT2D eigenvalue weighted by molar-refractivity contribution is 5.67. The number of hydrogen-bond donors (Lipinski definition) is 3. The van der Waals surface area contributed by atoms with E-state index in [9.17, 15) is 15.0 Å². The van der Waals surface area contributed by atoms with Crippen LogP contribution in [0.1, 0.15) is 31.9 Å². The fourth-order valence-corrected chi connectivity index (χ4v) is 1.61. The van der Waals surface area contributed by atoms with Gasteiger partial charge in [-0.2, -0.15) is 0 Å². The summed E-state index contributed by atoms with van der Waals surface area (Å²) in [5.74, 6) is -0.292. The lowest BCUT2D eigenvalue weighted by Crippen LogP contribution is -2.33. The molecular weight excluding hydrogens is 246 g/mol. The van der Waals surface area contributed by atoms with Crippen LogP contribution in [0, 0.1) is 6.92 Å². The van der Waals surface area contributed by atoms with Crippen LogP contribution in [0.5, 0.6) is 11.5 Å². The highest BCUT2D eigenvalue weighted by atomic mass is 16.6. The molecule has 1 aromatic carbocycles. The van der Waals surface area contributed by atoms with Gasteiger partial charge in [0.1, 0.15) is 5.60 Å². The molecule has 1 rings (SSSR count). The van der Waals surface area contributed by atoms with Gasteiger partial charge >= 0.3 is 6.09 Å². The summed E-state index contributed by atoms with van der Waals surface area (Å²) in [5, 5.41) is 21.4. The summed E-state index contributed by atoms with van der Waals surface area (Å²) >= 11 is 0. The molecule has 0 radical (unpaired) electrons. The first-order chi connectivity index (χ1) is 8.69. The van der Waals surface area contributed by atoms with E-state index in [0.29, 0.717) is 13.0 Å². The Hall–Kier alpha value is -1.91. The Morgan fingerprint density at radius 2 is 1.84 bits per heavy atom. The zero-order valence-corrected chi connectivity index (χ0v) is 11.8. The van der Waals surface area contributed by atoms with Crippen LogP contribution in [0.15, 0.2) is 12.1 Å². The number of rotatable bonds is 3. The lowest BCUT2D eigenvalue weighted by atomic mass is 10.0. The molecule has 0 saturated carbocycles. The quantitative estimate of drug-likeness (QED) is 0.735. The third kappa shape index (κ3) is 5.07. The van der Waals surface area contributed by atoms with Gasteiger partial charge in [-0.15, -0.1) is 0 Å². The number of aromatic hydroxyl groups is 2. The molecule has 0 fully saturated rings. The van der Waals surface area contributed by atoms with Gasteiger partial charge in [0.25, 0.3) is 0 Å². The van der Waals surface area contributed by atoms with E-state index < -0.39 is 11.7 Å². The first kappa shape index (κ1) is 15.1. The molecule has 5 heteroatoms. The largest absolute Gasteiger partial charge is 0.504 e.